The average molecular weight is 467 g/mol. The molecule has 2 fully saturated rings. The Labute approximate surface area is 194 Å². The monoisotopic (exact) mass is 466 g/mol. The van der Waals surface area contributed by atoms with Gasteiger partial charge in [0, 0.05) is 12.0 Å². The molecular formula is C25H39O6P. The van der Waals surface area contributed by atoms with Gasteiger partial charge in [-0.2, -0.15) is 0 Å². The van der Waals surface area contributed by atoms with Crippen LogP contribution in [0.1, 0.15) is 67.2 Å². The third-order valence-corrected chi connectivity index (χ3v) is 6.94. The zero-order valence-corrected chi connectivity index (χ0v) is 21.4. The third-order valence-electron chi connectivity index (χ3n) is 5.46. The van der Waals surface area contributed by atoms with Crippen molar-refractivity contribution in [3.63, 3.8) is 0 Å². The fourth-order valence-corrected chi connectivity index (χ4v) is 5.20. The fraction of sp³-hybridized carbons (Fsp3) is 0.680. The maximum Gasteiger partial charge on any atom is 0.338 e. The molecule has 0 bridgehead atoms. The highest BCUT2D eigenvalue weighted by Crippen LogP contribution is 2.48. The second-order valence-electron chi connectivity index (χ2n) is 9.13. The van der Waals surface area contributed by atoms with Crippen LogP contribution in [0.4, 0.5) is 0 Å². The molecule has 6 nitrogen and oxygen atoms in total. The van der Waals surface area contributed by atoms with Gasteiger partial charge in [-0.1, -0.05) is 20.4 Å². The van der Waals surface area contributed by atoms with Crippen molar-refractivity contribution in [2.45, 2.75) is 67.2 Å². The van der Waals surface area contributed by atoms with E-state index in [2.05, 4.69) is 20.4 Å². The number of carbonyl (C=O) groups is 2. The summed E-state index contributed by atoms with van der Waals surface area (Å²) in [4.78, 5) is 26.3. The first-order chi connectivity index (χ1) is 15.1. The molecule has 0 heterocycles. The van der Waals surface area contributed by atoms with E-state index in [-0.39, 0.29) is 30.3 Å². The Morgan fingerprint density at radius 3 is 2.22 bits per heavy atom. The lowest BCUT2D eigenvalue weighted by Crippen LogP contribution is -2.28. The van der Waals surface area contributed by atoms with E-state index in [1.54, 1.807) is 6.92 Å². The SMILES string of the molecule is C=C1CC(C)(C)CC(=O)/C1=C(/C(C(=O)OCC)=C(\C)COCP(OCC)OCC)C1CC1. The Morgan fingerprint density at radius 2 is 1.72 bits per heavy atom. The van der Waals surface area contributed by atoms with Crippen molar-refractivity contribution in [1.29, 1.82) is 0 Å². The molecule has 0 aliphatic heterocycles. The predicted molar refractivity (Wildman–Crippen MR) is 127 cm³/mol. The zero-order chi connectivity index (χ0) is 23.9. The van der Waals surface area contributed by atoms with Gasteiger partial charge in [0.25, 0.3) is 0 Å². The highest BCUT2D eigenvalue weighted by Gasteiger charge is 2.41. The highest BCUT2D eigenvalue weighted by atomic mass is 31.2. The lowest BCUT2D eigenvalue weighted by atomic mass is 9.70. The van der Waals surface area contributed by atoms with Crippen molar-refractivity contribution in [3.05, 3.63) is 34.4 Å². The van der Waals surface area contributed by atoms with Crippen LogP contribution in [0.3, 0.4) is 0 Å². The number of hydrogen-bond donors (Lipinski definition) is 0. The Morgan fingerprint density at radius 1 is 1.09 bits per heavy atom. The van der Waals surface area contributed by atoms with Crippen LogP contribution in [-0.4, -0.2) is 44.5 Å². The lowest BCUT2D eigenvalue weighted by Gasteiger charge is -2.33. The number of allylic oxidation sites excluding steroid dienone is 2. The third kappa shape index (κ3) is 7.34. The molecule has 0 N–H and O–H groups in total. The molecule has 0 spiro atoms. The largest absolute Gasteiger partial charge is 0.462 e. The van der Waals surface area contributed by atoms with Crippen molar-refractivity contribution in [1.82, 2.24) is 0 Å². The number of Topliss-reactive ketones (excluding diaryl/α,β-unsaturated/α-hetero) is 1. The minimum atomic E-state index is -1.13. The number of rotatable bonds is 12. The predicted octanol–water partition coefficient (Wildman–Crippen LogP) is 5.88. The van der Waals surface area contributed by atoms with Crippen LogP contribution in [0.25, 0.3) is 0 Å². The summed E-state index contributed by atoms with van der Waals surface area (Å²) in [6.45, 7) is 17.5. The second kappa shape index (κ2) is 12.2. The van der Waals surface area contributed by atoms with Gasteiger partial charge in [-0.05, 0) is 75.0 Å². The molecule has 32 heavy (non-hydrogen) atoms. The van der Waals surface area contributed by atoms with Crippen LogP contribution in [0, 0.1) is 11.3 Å². The van der Waals surface area contributed by atoms with Gasteiger partial charge in [-0.15, -0.1) is 0 Å². The van der Waals surface area contributed by atoms with Crippen molar-refractivity contribution in [3.8, 4) is 0 Å². The van der Waals surface area contributed by atoms with Crippen molar-refractivity contribution >= 4 is 20.1 Å². The number of hydrogen-bond acceptors (Lipinski definition) is 6. The van der Waals surface area contributed by atoms with Crippen molar-refractivity contribution < 1.29 is 28.1 Å². The smallest absolute Gasteiger partial charge is 0.338 e. The summed E-state index contributed by atoms with van der Waals surface area (Å²) >= 11 is 0. The summed E-state index contributed by atoms with van der Waals surface area (Å²) in [5.74, 6) is -0.143. The molecule has 2 aliphatic carbocycles. The van der Waals surface area contributed by atoms with Crippen molar-refractivity contribution in [2.75, 3.05) is 32.8 Å². The Bertz CT molecular complexity index is 747. The lowest BCUT2D eigenvalue weighted by molar-refractivity contribution is -0.138. The Hall–Kier alpha value is -1.33. The Balaban J connectivity index is 2.39. The normalized spacial score (nSPS) is 21.0. The summed E-state index contributed by atoms with van der Waals surface area (Å²) < 4.78 is 22.5. The van der Waals surface area contributed by atoms with E-state index in [0.29, 0.717) is 37.1 Å². The summed E-state index contributed by atoms with van der Waals surface area (Å²) in [6.07, 6.45) is 3.43. The molecule has 0 saturated heterocycles. The molecular weight excluding hydrogens is 427 g/mol. The minimum Gasteiger partial charge on any atom is -0.462 e. The molecule has 2 rings (SSSR count). The molecule has 0 amide bonds. The topological polar surface area (TPSA) is 71.1 Å². The first-order valence-corrected chi connectivity index (χ1v) is 12.9. The first-order valence-electron chi connectivity index (χ1n) is 11.6. The Kier molecular flexibility index (Phi) is 10.3. The summed E-state index contributed by atoms with van der Waals surface area (Å²) in [5, 5.41) is 0. The molecule has 0 unspecified atom stereocenters. The van der Waals surface area contributed by atoms with Gasteiger partial charge in [0.05, 0.1) is 32.0 Å². The minimum absolute atomic E-state index is 0.0693. The van der Waals surface area contributed by atoms with Crippen LogP contribution in [0.2, 0.25) is 0 Å². The summed E-state index contributed by atoms with van der Waals surface area (Å²) in [6, 6.07) is 0. The van der Waals surface area contributed by atoms with Crippen LogP contribution < -0.4 is 0 Å². The molecule has 2 saturated carbocycles. The standard InChI is InChI=1S/C25H39O6P/c1-8-29-24(27)22(18(5)15-28-16-32(30-9-2)31-10-3)23(19-11-12-19)21-17(4)13-25(6,7)14-20(21)26/h19H,4,8-16H2,1-3,5-7H3/b22-18-,23-21+. The van der Waals surface area contributed by atoms with Gasteiger partial charge >= 0.3 is 5.97 Å². The summed E-state index contributed by atoms with van der Waals surface area (Å²) in [5.41, 5.74) is 3.39. The van der Waals surface area contributed by atoms with E-state index in [0.717, 1.165) is 36.0 Å². The van der Waals surface area contributed by atoms with Gasteiger partial charge < -0.3 is 18.5 Å². The van der Waals surface area contributed by atoms with E-state index in [1.807, 2.05) is 20.8 Å². The maximum atomic E-state index is 13.2. The van der Waals surface area contributed by atoms with E-state index in [9.17, 15) is 9.59 Å². The molecule has 0 atom stereocenters. The number of ether oxygens (including phenoxy) is 2. The van der Waals surface area contributed by atoms with Gasteiger partial charge in [0.2, 0.25) is 0 Å². The van der Waals surface area contributed by atoms with E-state index in [4.69, 9.17) is 18.5 Å². The van der Waals surface area contributed by atoms with E-state index in [1.165, 1.54) is 0 Å². The zero-order valence-electron chi connectivity index (χ0n) is 20.5. The van der Waals surface area contributed by atoms with Crippen LogP contribution >= 0.6 is 8.38 Å². The van der Waals surface area contributed by atoms with Crippen LogP contribution in [0.5, 0.6) is 0 Å². The molecule has 2 aliphatic rings. The van der Waals surface area contributed by atoms with Gasteiger partial charge in [-0.3, -0.25) is 4.79 Å². The highest BCUT2D eigenvalue weighted by molar-refractivity contribution is 7.47. The van der Waals surface area contributed by atoms with Crippen LogP contribution in [0.15, 0.2) is 34.4 Å². The second-order valence-corrected chi connectivity index (χ2v) is 10.6. The molecule has 180 valence electrons. The van der Waals surface area contributed by atoms with Gasteiger partial charge in [0.1, 0.15) is 6.35 Å². The number of ketones is 1. The molecule has 0 aromatic rings. The molecule has 7 heteroatoms. The molecule has 0 aromatic carbocycles. The van der Waals surface area contributed by atoms with Gasteiger partial charge in [0.15, 0.2) is 14.2 Å². The van der Waals surface area contributed by atoms with Gasteiger partial charge in [-0.25, -0.2) is 4.79 Å². The fourth-order valence-electron chi connectivity index (χ4n) is 4.16. The maximum absolute atomic E-state index is 13.2. The summed E-state index contributed by atoms with van der Waals surface area (Å²) in [7, 11) is -1.13. The quantitative estimate of drug-likeness (QED) is 0.203. The van der Waals surface area contributed by atoms with E-state index >= 15 is 0 Å². The van der Waals surface area contributed by atoms with Crippen molar-refractivity contribution in [2.24, 2.45) is 11.3 Å². The molecule has 0 aromatic heterocycles. The molecule has 0 radical (unpaired) electrons. The number of carbonyl (C=O) groups excluding carboxylic acids is 2. The average Bonchev–Trinajstić information content (AvgIpc) is 3.51. The van der Waals surface area contributed by atoms with E-state index < -0.39 is 14.3 Å². The van der Waals surface area contributed by atoms with Crippen LogP contribution in [-0.2, 0) is 28.1 Å². The first kappa shape index (κ1) is 26.9. The number of esters is 1.